The first-order valence-corrected chi connectivity index (χ1v) is 7.15. The SMILES string of the molecule is NCc1cnc(N2CCN(c3nccs3)CC2)nc1. The Hall–Kier alpha value is -1.73. The van der Waals surface area contributed by atoms with Crippen molar-refractivity contribution in [3.05, 3.63) is 29.5 Å². The molecule has 2 aromatic heterocycles. The van der Waals surface area contributed by atoms with Crippen molar-refractivity contribution >= 4 is 22.4 Å². The molecule has 1 aliphatic heterocycles. The average Bonchev–Trinajstić information content (AvgIpc) is 3.02. The molecule has 100 valence electrons. The van der Waals surface area contributed by atoms with Crippen LogP contribution < -0.4 is 15.5 Å². The third-order valence-electron chi connectivity index (χ3n) is 3.18. The second kappa shape index (κ2) is 5.50. The van der Waals surface area contributed by atoms with Crippen molar-refractivity contribution in [1.82, 2.24) is 15.0 Å². The van der Waals surface area contributed by atoms with Crippen LogP contribution in [-0.4, -0.2) is 41.1 Å². The van der Waals surface area contributed by atoms with Crippen molar-refractivity contribution < 1.29 is 0 Å². The van der Waals surface area contributed by atoms with Crippen molar-refractivity contribution in [3.63, 3.8) is 0 Å². The highest BCUT2D eigenvalue weighted by molar-refractivity contribution is 7.13. The predicted octanol–water partition coefficient (Wildman–Crippen LogP) is 0.718. The van der Waals surface area contributed by atoms with E-state index in [1.54, 1.807) is 23.7 Å². The minimum atomic E-state index is 0.484. The Bertz CT molecular complexity index is 504. The Kier molecular flexibility index (Phi) is 3.56. The van der Waals surface area contributed by atoms with Gasteiger partial charge in [0.15, 0.2) is 5.13 Å². The fraction of sp³-hybridized carbons (Fsp3) is 0.417. The van der Waals surface area contributed by atoms with Gasteiger partial charge >= 0.3 is 0 Å². The van der Waals surface area contributed by atoms with E-state index in [9.17, 15) is 0 Å². The molecule has 0 unspecified atom stereocenters. The number of aromatic nitrogens is 3. The standard InChI is InChI=1S/C12H16N6S/c13-7-10-8-15-11(16-9-10)17-2-4-18(5-3-17)12-14-1-6-19-12/h1,6,8-9H,2-5,7,13H2. The zero-order valence-electron chi connectivity index (χ0n) is 10.6. The van der Waals surface area contributed by atoms with Gasteiger partial charge in [-0.15, -0.1) is 11.3 Å². The summed E-state index contributed by atoms with van der Waals surface area (Å²) in [4.78, 5) is 17.6. The second-order valence-electron chi connectivity index (χ2n) is 4.38. The van der Waals surface area contributed by atoms with Gasteiger partial charge in [-0.3, -0.25) is 0 Å². The van der Waals surface area contributed by atoms with E-state index >= 15 is 0 Å². The smallest absolute Gasteiger partial charge is 0.225 e. The van der Waals surface area contributed by atoms with E-state index in [2.05, 4.69) is 24.8 Å². The van der Waals surface area contributed by atoms with Crippen LogP contribution in [0.1, 0.15) is 5.56 Å². The van der Waals surface area contributed by atoms with Gasteiger partial charge in [-0.25, -0.2) is 15.0 Å². The molecule has 1 fully saturated rings. The summed E-state index contributed by atoms with van der Waals surface area (Å²) >= 11 is 1.68. The van der Waals surface area contributed by atoms with Crippen LogP contribution in [0, 0.1) is 0 Å². The van der Waals surface area contributed by atoms with E-state index in [0.29, 0.717) is 6.54 Å². The molecule has 0 atom stereocenters. The van der Waals surface area contributed by atoms with Gasteiger partial charge in [0, 0.05) is 62.3 Å². The Morgan fingerprint density at radius 2 is 1.74 bits per heavy atom. The number of nitrogens with two attached hydrogens (primary N) is 1. The van der Waals surface area contributed by atoms with E-state index in [4.69, 9.17) is 5.73 Å². The monoisotopic (exact) mass is 276 g/mol. The van der Waals surface area contributed by atoms with E-state index < -0.39 is 0 Å². The first-order chi connectivity index (χ1) is 9.36. The molecule has 0 amide bonds. The van der Waals surface area contributed by atoms with Gasteiger partial charge in [0.1, 0.15) is 0 Å². The summed E-state index contributed by atoms with van der Waals surface area (Å²) in [5.41, 5.74) is 6.51. The Balaban J connectivity index is 1.63. The molecule has 2 N–H and O–H groups in total. The topological polar surface area (TPSA) is 71.2 Å². The molecular weight excluding hydrogens is 260 g/mol. The predicted molar refractivity (Wildman–Crippen MR) is 76.5 cm³/mol. The van der Waals surface area contributed by atoms with Crippen molar-refractivity contribution in [2.75, 3.05) is 36.0 Å². The summed E-state index contributed by atoms with van der Waals surface area (Å²) in [6, 6.07) is 0. The highest BCUT2D eigenvalue weighted by atomic mass is 32.1. The summed E-state index contributed by atoms with van der Waals surface area (Å²) < 4.78 is 0. The van der Waals surface area contributed by atoms with Crippen LogP contribution in [0.5, 0.6) is 0 Å². The molecule has 0 saturated carbocycles. The lowest BCUT2D eigenvalue weighted by Gasteiger charge is -2.34. The van der Waals surface area contributed by atoms with Gasteiger partial charge in [-0.05, 0) is 0 Å². The second-order valence-corrected chi connectivity index (χ2v) is 5.26. The summed E-state index contributed by atoms with van der Waals surface area (Å²) in [5, 5.41) is 3.11. The molecule has 1 saturated heterocycles. The van der Waals surface area contributed by atoms with Gasteiger partial charge < -0.3 is 15.5 Å². The molecule has 0 bridgehead atoms. The van der Waals surface area contributed by atoms with Crippen molar-refractivity contribution in [1.29, 1.82) is 0 Å². The van der Waals surface area contributed by atoms with Crippen molar-refractivity contribution in [2.24, 2.45) is 5.73 Å². The quantitative estimate of drug-likeness (QED) is 0.890. The molecule has 7 heteroatoms. The zero-order chi connectivity index (χ0) is 13.1. The fourth-order valence-electron chi connectivity index (χ4n) is 2.09. The number of nitrogens with zero attached hydrogens (tertiary/aromatic N) is 5. The van der Waals surface area contributed by atoms with E-state index in [0.717, 1.165) is 42.8 Å². The number of anilines is 2. The van der Waals surface area contributed by atoms with Crippen LogP contribution in [-0.2, 0) is 6.54 Å². The van der Waals surface area contributed by atoms with Crippen LogP contribution in [0.15, 0.2) is 24.0 Å². The molecule has 0 spiro atoms. The Morgan fingerprint density at radius 1 is 1.05 bits per heavy atom. The summed E-state index contributed by atoms with van der Waals surface area (Å²) in [6.07, 6.45) is 5.45. The van der Waals surface area contributed by atoms with Gasteiger partial charge in [0.2, 0.25) is 5.95 Å². The highest BCUT2D eigenvalue weighted by Crippen LogP contribution is 2.20. The summed E-state index contributed by atoms with van der Waals surface area (Å²) in [7, 11) is 0. The Morgan fingerprint density at radius 3 is 2.32 bits per heavy atom. The highest BCUT2D eigenvalue weighted by Gasteiger charge is 2.20. The first kappa shape index (κ1) is 12.3. The lowest BCUT2D eigenvalue weighted by molar-refractivity contribution is 0.638. The zero-order valence-corrected chi connectivity index (χ0v) is 11.4. The normalized spacial score (nSPS) is 15.8. The molecule has 6 nitrogen and oxygen atoms in total. The maximum absolute atomic E-state index is 5.54. The van der Waals surface area contributed by atoms with Crippen molar-refractivity contribution in [3.8, 4) is 0 Å². The minimum absolute atomic E-state index is 0.484. The molecule has 2 aromatic rings. The number of piperazine rings is 1. The maximum Gasteiger partial charge on any atom is 0.225 e. The van der Waals surface area contributed by atoms with E-state index in [-0.39, 0.29) is 0 Å². The summed E-state index contributed by atoms with van der Waals surface area (Å²) in [5.74, 6) is 0.788. The lowest BCUT2D eigenvalue weighted by Crippen LogP contribution is -2.47. The first-order valence-electron chi connectivity index (χ1n) is 6.27. The molecule has 0 radical (unpaired) electrons. The van der Waals surface area contributed by atoms with Crippen LogP contribution in [0.4, 0.5) is 11.1 Å². The molecule has 0 aliphatic carbocycles. The van der Waals surface area contributed by atoms with Gasteiger partial charge in [-0.1, -0.05) is 0 Å². The van der Waals surface area contributed by atoms with Gasteiger partial charge in [0.25, 0.3) is 0 Å². The molecule has 1 aliphatic rings. The Labute approximate surface area is 115 Å². The third kappa shape index (κ3) is 2.66. The number of hydrogen-bond acceptors (Lipinski definition) is 7. The van der Waals surface area contributed by atoms with Crippen molar-refractivity contribution in [2.45, 2.75) is 6.54 Å². The van der Waals surface area contributed by atoms with Gasteiger partial charge in [-0.2, -0.15) is 0 Å². The van der Waals surface area contributed by atoms with Gasteiger partial charge in [0.05, 0.1) is 0 Å². The number of rotatable bonds is 3. The molecule has 0 aromatic carbocycles. The van der Waals surface area contributed by atoms with E-state index in [1.807, 2.05) is 11.6 Å². The summed E-state index contributed by atoms with van der Waals surface area (Å²) in [6.45, 7) is 4.23. The van der Waals surface area contributed by atoms with Crippen LogP contribution >= 0.6 is 11.3 Å². The molecule has 3 heterocycles. The molecule has 19 heavy (non-hydrogen) atoms. The largest absolute Gasteiger partial charge is 0.345 e. The fourth-order valence-corrected chi connectivity index (χ4v) is 2.78. The average molecular weight is 276 g/mol. The van der Waals surface area contributed by atoms with Crippen LogP contribution in [0.25, 0.3) is 0 Å². The lowest BCUT2D eigenvalue weighted by atomic mass is 10.3. The number of thiazole rings is 1. The third-order valence-corrected chi connectivity index (χ3v) is 4.01. The maximum atomic E-state index is 5.54. The molecular formula is C12H16N6S. The minimum Gasteiger partial charge on any atom is -0.345 e. The molecule has 3 rings (SSSR count). The van der Waals surface area contributed by atoms with Crippen LogP contribution in [0.3, 0.4) is 0 Å². The number of hydrogen-bond donors (Lipinski definition) is 1. The van der Waals surface area contributed by atoms with E-state index in [1.165, 1.54) is 0 Å². The van der Waals surface area contributed by atoms with Crippen LogP contribution in [0.2, 0.25) is 0 Å².